The Morgan fingerprint density at radius 1 is 0.159 bits per heavy atom. The van der Waals surface area contributed by atoms with E-state index in [0.717, 1.165) is 0 Å². The minimum atomic E-state index is -3.77. The van der Waals surface area contributed by atoms with Crippen LogP contribution < -0.4 is 0 Å². The molecule has 0 spiro atoms. The molecule has 0 aromatic heterocycles. The Labute approximate surface area is 554 Å². The van der Waals surface area contributed by atoms with Crippen LogP contribution in [0.25, 0.3) is 0 Å². The van der Waals surface area contributed by atoms with Crippen molar-refractivity contribution < 1.29 is 45.3 Å². The van der Waals surface area contributed by atoms with Gasteiger partial charge in [-0.05, 0) is 132 Å². The molecule has 0 saturated carbocycles. The lowest BCUT2D eigenvalue weighted by Crippen LogP contribution is -2.69. The monoisotopic (exact) mass is 1410 g/mol. The van der Waals surface area contributed by atoms with E-state index < -0.39 is 94.2 Å². The van der Waals surface area contributed by atoms with Gasteiger partial charge < -0.3 is 45.3 Å². The summed E-state index contributed by atoms with van der Waals surface area (Å²) in [5.41, 5.74) is 21.5. The van der Waals surface area contributed by atoms with Gasteiger partial charge in [-0.1, -0.05) is 215 Å². The van der Waals surface area contributed by atoms with Crippen molar-refractivity contribution in [3.8, 4) is 0 Å². The molecule has 1 aliphatic heterocycles. The van der Waals surface area contributed by atoms with Crippen molar-refractivity contribution in [2.24, 2.45) is 65.1 Å². The van der Waals surface area contributed by atoms with Crippen LogP contribution in [0.2, 0.25) is 66.5 Å². The maximum absolute atomic E-state index is 8.14. The third kappa shape index (κ3) is 25.7. The van der Waals surface area contributed by atoms with Gasteiger partial charge in [-0.25, -0.2) is 0 Å². The average molecular weight is 1410 g/mol. The molecule has 0 aromatic carbocycles. The van der Waals surface area contributed by atoms with E-state index in [1.165, 1.54) is 0 Å². The zero-order chi connectivity index (χ0) is 68.2. The Hall–Kier alpha value is -0.914. The van der Waals surface area contributed by atoms with Gasteiger partial charge in [0.25, 0.3) is 0 Å². The second-order valence-electron chi connectivity index (χ2n) is 29.9. The van der Waals surface area contributed by atoms with Crippen LogP contribution in [-0.2, 0) is 45.3 Å². The summed E-state index contributed by atoms with van der Waals surface area (Å²) in [7, 11) is -41.5. The molecule has 0 unspecified atom stereocenters. The molecule has 11 nitrogen and oxygen atoms in total. The van der Waals surface area contributed by atoms with E-state index in [0.29, 0.717) is 66.5 Å². The van der Waals surface area contributed by atoms with Crippen LogP contribution in [0.4, 0.5) is 0 Å². The molecule has 0 amide bonds. The molecule has 0 aromatic rings. The van der Waals surface area contributed by atoms with Crippen LogP contribution in [-0.4, -0.2) is 94.2 Å². The third-order valence-electron chi connectivity index (χ3n) is 14.8. The zero-order valence-corrected chi connectivity index (χ0v) is 71.2. The predicted molar refractivity (Wildman–Crippen MR) is 403 cm³/mol. The topological polar surface area (TPSA) is 102 Å². The maximum Gasteiger partial charge on any atom is 0.347 e. The van der Waals surface area contributed by atoms with Gasteiger partial charge in [-0.15, -0.1) is 72.4 Å². The number of hydrogen-bond acceptors (Lipinski definition) is 11. The SMILES string of the molecule is C=C[Si]1(CC(C)C)O[Si](C=C)(CC(C)C)O[Si](C=C)(CC(C)C)O[Si](C=C)(CC(C)C)O[Si](C=C)(CC(C)C)O[Si](C=C)(CC(C)C)O[Si](C=C)(CC(C)C)O[Si](C=C)(CC(C)C)O[Si](C=C)(CC(C)C)O[Si](C=C)(CC(C)C)O[Si](C=C)(CC(C)C)O1. The van der Waals surface area contributed by atoms with Crippen LogP contribution in [0.3, 0.4) is 0 Å². The normalized spacial score (nSPS) is 33.9. The van der Waals surface area contributed by atoms with Crippen molar-refractivity contribution >= 4 is 94.2 Å². The van der Waals surface area contributed by atoms with Crippen LogP contribution in [0.5, 0.6) is 0 Å². The van der Waals surface area contributed by atoms with E-state index >= 15 is 0 Å². The van der Waals surface area contributed by atoms with Gasteiger partial charge in [-0.3, -0.25) is 0 Å². The molecular formula is C66H132O11Si11. The van der Waals surface area contributed by atoms with E-state index in [9.17, 15) is 0 Å². The first-order valence-corrected chi connectivity index (χ1v) is 56.3. The zero-order valence-electron chi connectivity index (χ0n) is 60.2. The molecule has 1 heterocycles. The molecular weight excluding hydrogens is 1280 g/mol. The molecule has 22 heteroatoms. The largest absolute Gasteiger partial charge is 0.409 e. The minimum absolute atomic E-state index is 0.0975. The summed E-state index contributed by atoms with van der Waals surface area (Å²) >= 11 is 0. The maximum atomic E-state index is 8.14. The summed E-state index contributed by atoms with van der Waals surface area (Å²) in [5.74, 6) is 1.07. The van der Waals surface area contributed by atoms with Crippen molar-refractivity contribution in [2.75, 3.05) is 0 Å². The molecule has 0 N–H and O–H groups in total. The quantitative estimate of drug-likeness (QED) is 0.0587. The highest BCUT2D eigenvalue weighted by molar-refractivity contribution is 7.01. The van der Waals surface area contributed by atoms with Crippen molar-refractivity contribution in [1.29, 1.82) is 0 Å². The van der Waals surface area contributed by atoms with Crippen molar-refractivity contribution in [3.63, 3.8) is 0 Å². The first-order chi connectivity index (χ1) is 40.5. The molecule has 1 fully saturated rings. The highest BCUT2D eigenvalue weighted by Crippen LogP contribution is 2.46. The first-order valence-electron chi connectivity index (χ1n) is 33.2. The summed E-state index contributed by atoms with van der Waals surface area (Å²) < 4.78 is 89.6. The highest BCUT2D eigenvalue weighted by Gasteiger charge is 2.63. The average Bonchev–Trinajstić information content (AvgIpc) is 0.968. The standard InChI is InChI=1S/C66H132O11Si11/c1-34-78(45-56(12)13)67-79(35-2,46-57(14)15)69-81(37-4,48-59(18)19)71-83(39-6,50-61(22)23)73-85(41-8,52-63(26)27)75-87(43-10,54-65(30)31)77-88(44-11,55-66(32)33)76-86(42-9,53-64(28)29)74-84(40-7,51-62(24)25)72-82(38-5,49-60(20)21)70-80(36-3,68-78)47-58(16)17/h34-44,56-66H,1-11,45-55H2,12-33H3. The Morgan fingerprint density at radius 2 is 0.216 bits per heavy atom. The molecule has 0 bridgehead atoms. The number of hydrogen-bond donors (Lipinski definition) is 0. The smallest absolute Gasteiger partial charge is 0.347 e. The van der Waals surface area contributed by atoms with E-state index in [1.54, 1.807) is 0 Å². The van der Waals surface area contributed by atoms with Crippen LogP contribution in [0, 0.1) is 65.1 Å². The van der Waals surface area contributed by atoms with E-state index in [2.05, 4.69) is 225 Å². The second kappa shape index (κ2) is 36.3. The summed E-state index contributed by atoms with van der Waals surface area (Å²) in [6, 6.07) is 5.90. The molecule has 1 saturated heterocycles. The predicted octanol–water partition coefficient (Wildman–Crippen LogP) is 20.2. The van der Waals surface area contributed by atoms with Crippen LogP contribution in [0.15, 0.2) is 135 Å². The Balaban J connectivity index is 5.62. The van der Waals surface area contributed by atoms with E-state index in [1.807, 2.05) is 62.7 Å². The fourth-order valence-corrected chi connectivity index (χ4v) is 73.2. The van der Waals surface area contributed by atoms with Crippen LogP contribution >= 0.6 is 0 Å². The lowest BCUT2D eigenvalue weighted by molar-refractivity contribution is 0.229. The minimum Gasteiger partial charge on any atom is -0.409 e. The first kappa shape index (κ1) is 85.1. The molecule has 0 radical (unpaired) electrons. The summed E-state index contributed by atoms with van der Waals surface area (Å²) in [4.78, 5) is 0. The van der Waals surface area contributed by atoms with Crippen molar-refractivity contribution in [2.45, 2.75) is 219 Å². The van der Waals surface area contributed by atoms with Gasteiger partial charge >= 0.3 is 94.2 Å². The molecule has 506 valence electrons. The van der Waals surface area contributed by atoms with Gasteiger partial charge in [0.05, 0.1) is 0 Å². The highest BCUT2D eigenvalue weighted by atomic mass is 28.5. The Bertz CT molecular complexity index is 1710. The molecule has 1 rings (SSSR count). The van der Waals surface area contributed by atoms with Gasteiger partial charge in [0.2, 0.25) is 0 Å². The van der Waals surface area contributed by atoms with Gasteiger partial charge in [0.15, 0.2) is 0 Å². The summed E-state index contributed by atoms with van der Waals surface area (Å²) in [5, 5.41) is 0. The molecule has 1 aliphatic rings. The van der Waals surface area contributed by atoms with Crippen molar-refractivity contribution in [3.05, 3.63) is 135 Å². The van der Waals surface area contributed by atoms with Gasteiger partial charge in [0.1, 0.15) is 0 Å². The van der Waals surface area contributed by atoms with E-state index in [-0.39, 0.29) is 65.1 Å². The lowest BCUT2D eigenvalue weighted by atomic mass is 10.3. The summed E-state index contributed by atoms with van der Waals surface area (Å²) in [6.45, 7) is 99.8. The van der Waals surface area contributed by atoms with Crippen molar-refractivity contribution in [1.82, 2.24) is 0 Å². The molecule has 0 aliphatic carbocycles. The van der Waals surface area contributed by atoms with Crippen LogP contribution in [0.1, 0.15) is 152 Å². The lowest BCUT2D eigenvalue weighted by Gasteiger charge is -2.51. The van der Waals surface area contributed by atoms with E-state index in [4.69, 9.17) is 45.3 Å². The fourth-order valence-electron chi connectivity index (χ4n) is 12.5. The Morgan fingerprint density at radius 3 is 0.250 bits per heavy atom. The third-order valence-corrected chi connectivity index (χ3v) is 67.3. The van der Waals surface area contributed by atoms with Gasteiger partial charge in [0, 0.05) is 0 Å². The molecule has 0 atom stereocenters. The molecule has 88 heavy (non-hydrogen) atoms. The number of rotatable bonds is 33. The van der Waals surface area contributed by atoms with Gasteiger partial charge in [-0.2, -0.15) is 0 Å². The fraction of sp³-hybridized carbons (Fsp3) is 0.667. The Kier molecular flexibility index (Phi) is 35.1. The summed E-state index contributed by atoms with van der Waals surface area (Å²) in [6.07, 6.45) is 0. The second-order valence-corrected chi connectivity index (χ2v) is 65.7.